The number of hydrogen-bond acceptors (Lipinski definition) is 3. The van der Waals surface area contributed by atoms with Crippen LogP contribution in [0.15, 0.2) is 0 Å². The maximum atomic E-state index is 12.2. The standard InChI is InChI=1S/C12H24N2O2/c1-3-4-12(5-7-13-8-6-12)11(15)14-9-10-16-2/h13H,3-10H2,1-2H3,(H,14,15). The van der Waals surface area contributed by atoms with Crippen LogP contribution in [0.1, 0.15) is 32.6 Å². The van der Waals surface area contributed by atoms with Crippen molar-refractivity contribution in [3.8, 4) is 0 Å². The Morgan fingerprint density at radius 1 is 1.44 bits per heavy atom. The molecule has 1 amide bonds. The van der Waals surface area contributed by atoms with Gasteiger partial charge in [-0.2, -0.15) is 0 Å². The number of ether oxygens (including phenoxy) is 1. The minimum absolute atomic E-state index is 0.131. The van der Waals surface area contributed by atoms with Crippen LogP contribution in [-0.2, 0) is 9.53 Å². The topological polar surface area (TPSA) is 50.4 Å². The predicted octanol–water partition coefficient (Wildman–Crippen LogP) is 0.919. The van der Waals surface area contributed by atoms with Crippen LogP contribution >= 0.6 is 0 Å². The summed E-state index contributed by atoms with van der Waals surface area (Å²) < 4.78 is 4.95. The van der Waals surface area contributed by atoms with E-state index in [1.807, 2.05) is 0 Å². The Hall–Kier alpha value is -0.610. The average Bonchev–Trinajstić information content (AvgIpc) is 2.31. The van der Waals surface area contributed by atoms with E-state index in [2.05, 4.69) is 17.6 Å². The molecule has 2 N–H and O–H groups in total. The lowest BCUT2D eigenvalue weighted by Gasteiger charge is -2.36. The van der Waals surface area contributed by atoms with Crippen molar-refractivity contribution in [2.24, 2.45) is 5.41 Å². The molecule has 1 rings (SSSR count). The molecule has 1 aliphatic heterocycles. The summed E-state index contributed by atoms with van der Waals surface area (Å²) in [4.78, 5) is 12.2. The SMILES string of the molecule is CCCC1(C(=O)NCCOC)CCNCC1. The number of carbonyl (C=O) groups excluding carboxylic acids is 1. The van der Waals surface area contributed by atoms with Gasteiger partial charge in [-0.3, -0.25) is 4.79 Å². The highest BCUT2D eigenvalue weighted by atomic mass is 16.5. The molecule has 0 atom stereocenters. The summed E-state index contributed by atoms with van der Waals surface area (Å²) in [5.41, 5.74) is -0.131. The number of amides is 1. The first kappa shape index (κ1) is 13.5. The summed E-state index contributed by atoms with van der Waals surface area (Å²) in [6.07, 6.45) is 3.98. The summed E-state index contributed by atoms with van der Waals surface area (Å²) in [5, 5.41) is 6.30. The second-order valence-corrected chi connectivity index (χ2v) is 4.53. The smallest absolute Gasteiger partial charge is 0.226 e. The number of rotatable bonds is 6. The van der Waals surface area contributed by atoms with Crippen LogP contribution in [0.2, 0.25) is 0 Å². The lowest BCUT2D eigenvalue weighted by Crippen LogP contribution is -2.48. The van der Waals surface area contributed by atoms with E-state index < -0.39 is 0 Å². The second-order valence-electron chi connectivity index (χ2n) is 4.53. The number of methoxy groups -OCH3 is 1. The predicted molar refractivity (Wildman–Crippen MR) is 64.3 cm³/mol. The van der Waals surface area contributed by atoms with E-state index in [0.717, 1.165) is 38.8 Å². The highest BCUT2D eigenvalue weighted by molar-refractivity contribution is 5.82. The van der Waals surface area contributed by atoms with Gasteiger partial charge in [-0.25, -0.2) is 0 Å². The monoisotopic (exact) mass is 228 g/mol. The van der Waals surface area contributed by atoms with Crippen LogP contribution in [0, 0.1) is 5.41 Å². The van der Waals surface area contributed by atoms with E-state index in [-0.39, 0.29) is 11.3 Å². The van der Waals surface area contributed by atoms with Crippen LogP contribution in [0.25, 0.3) is 0 Å². The molecular formula is C12H24N2O2. The van der Waals surface area contributed by atoms with Crippen LogP contribution in [0.3, 0.4) is 0 Å². The zero-order chi connectivity index (χ0) is 11.9. The molecule has 1 saturated heterocycles. The molecular weight excluding hydrogens is 204 g/mol. The Morgan fingerprint density at radius 3 is 2.69 bits per heavy atom. The Labute approximate surface area is 98.1 Å². The van der Waals surface area contributed by atoms with E-state index >= 15 is 0 Å². The third-order valence-corrected chi connectivity index (χ3v) is 3.36. The molecule has 0 aromatic rings. The molecule has 1 heterocycles. The summed E-state index contributed by atoms with van der Waals surface area (Å²) in [7, 11) is 1.65. The van der Waals surface area contributed by atoms with Crippen molar-refractivity contribution in [1.82, 2.24) is 10.6 Å². The average molecular weight is 228 g/mol. The normalized spacial score (nSPS) is 19.4. The van der Waals surface area contributed by atoms with Crippen molar-refractivity contribution in [3.63, 3.8) is 0 Å². The van der Waals surface area contributed by atoms with Crippen molar-refractivity contribution >= 4 is 5.91 Å². The quantitative estimate of drug-likeness (QED) is 0.665. The lowest BCUT2D eigenvalue weighted by molar-refractivity contribution is -0.133. The molecule has 0 saturated carbocycles. The Kier molecular flexibility index (Phi) is 5.77. The molecule has 0 aromatic carbocycles. The molecule has 4 heteroatoms. The minimum Gasteiger partial charge on any atom is -0.383 e. The lowest BCUT2D eigenvalue weighted by atomic mass is 9.74. The first-order valence-corrected chi connectivity index (χ1v) is 6.23. The molecule has 0 aliphatic carbocycles. The van der Waals surface area contributed by atoms with Crippen molar-refractivity contribution in [2.75, 3.05) is 33.4 Å². The van der Waals surface area contributed by atoms with Gasteiger partial charge in [0.2, 0.25) is 5.91 Å². The van der Waals surface area contributed by atoms with Crippen molar-refractivity contribution < 1.29 is 9.53 Å². The second kappa shape index (κ2) is 6.86. The van der Waals surface area contributed by atoms with Crippen LogP contribution < -0.4 is 10.6 Å². The zero-order valence-corrected chi connectivity index (χ0v) is 10.5. The number of nitrogens with one attached hydrogen (secondary N) is 2. The maximum Gasteiger partial charge on any atom is 0.226 e. The van der Waals surface area contributed by atoms with Gasteiger partial charge >= 0.3 is 0 Å². The van der Waals surface area contributed by atoms with E-state index in [0.29, 0.717) is 13.2 Å². The molecule has 0 radical (unpaired) electrons. The highest BCUT2D eigenvalue weighted by Crippen LogP contribution is 2.34. The molecule has 1 aliphatic rings. The van der Waals surface area contributed by atoms with Gasteiger partial charge in [0.1, 0.15) is 0 Å². The van der Waals surface area contributed by atoms with Crippen LogP contribution in [0.5, 0.6) is 0 Å². The fourth-order valence-corrected chi connectivity index (χ4v) is 2.43. The third kappa shape index (κ3) is 3.46. The number of hydrogen-bond donors (Lipinski definition) is 2. The van der Waals surface area contributed by atoms with Crippen molar-refractivity contribution in [3.05, 3.63) is 0 Å². The zero-order valence-electron chi connectivity index (χ0n) is 10.5. The van der Waals surface area contributed by atoms with Crippen LogP contribution in [0.4, 0.5) is 0 Å². The molecule has 0 bridgehead atoms. The summed E-state index contributed by atoms with van der Waals surface area (Å²) in [5.74, 6) is 0.216. The van der Waals surface area contributed by atoms with Crippen LogP contribution in [-0.4, -0.2) is 39.3 Å². The van der Waals surface area contributed by atoms with Gasteiger partial charge in [0.15, 0.2) is 0 Å². The molecule has 94 valence electrons. The maximum absolute atomic E-state index is 12.2. The largest absolute Gasteiger partial charge is 0.383 e. The fraction of sp³-hybridized carbons (Fsp3) is 0.917. The molecule has 16 heavy (non-hydrogen) atoms. The summed E-state index contributed by atoms with van der Waals surface area (Å²) in [6, 6.07) is 0. The van der Waals surface area contributed by atoms with Gasteiger partial charge in [-0.1, -0.05) is 13.3 Å². The van der Waals surface area contributed by atoms with E-state index in [4.69, 9.17) is 4.74 Å². The molecule has 4 nitrogen and oxygen atoms in total. The first-order chi connectivity index (χ1) is 7.75. The van der Waals surface area contributed by atoms with Crippen molar-refractivity contribution in [2.45, 2.75) is 32.6 Å². The Bertz CT molecular complexity index is 208. The van der Waals surface area contributed by atoms with E-state index in [1.165, 1.54) is 0 Å². The van der Waals surface area contributed by atoms with E-state index in [1.54, 1.807) is 7.11 Å². The molecule has 0 unspecified atom stereocenters. The molecule has 1 fully saturated rings. The Morgan fingerprint density at radius 2 is 2.12 bits per heavy atom. The van der Waals surface area contributed by atoms with E-state index in [9.17, 15) is 4.79 Å². The van der Waals surface area contributed by atoms with Gasteiger partial charge in [0, 0.05) is 13.7 Å². The number of piperidine rings is 1. The third-order valence-electron chi connectivity index (χ3n) is 3.36. The summed E-state index contributed by atoms with van der Waals surface area (Å²) >= 11 is 0. The van der Waals surface area contributed by atoms with Gasteiger partial charge < -0.3 is 15.4 Å². The molecule has 0 spiro atoms. The van der Waals surface area contributed by atoms with Crippen molar-refractivity contribution in [1.29, 1.82) is 0 Å². The van der Waals surface area contributed by atoms with Gasteiger partial charge in [-0.15, -0.1) is 0 Å². The minimum atomic E-state index is -0.131. The molecule has 0 aromatic heterocycles. The number of carbonyl (C=O) groups is 1. The Balaban J connectivity index is 2.50. The highest BCUT2D eigenvalue weighted by Gasteiger charge is 2.38. The van der Waals surface area contributed by atoms with Gasteiger partial charge in [0.05, 0.1) is 12.0 Å². The fourth-order valence-electron chi connectivity index (χ4n) is 2.43. The summed E-state index contributed by atoms with van der Waals surface area (Å²) in [6.45, 7) is 5.27. The first-order valence-electron chi connectivity index (χ1n) is 6.23. The van der Waals surface area contributed by atoms with Gasteiger partial charge in [-0.05, 0) is 32.4 Å². The van der Waals surface area contributed by atoms with Gasteiger partial charge in [0.25, 0.3) is 0 Å².